The van der Waals surface area contributed by atoms with Crippen molar-refractivity contribution in [2.24, 2.45) is 0 Å². The van der Waals surface area contributed by atoms with E-state index < -0.39 is 5.97 Å². The van der Waals surface area contributed by atoms with Crippen molar-refractivity contribution in [3.05, 3.63) is 78.0 Å². The first-order chi connectivity index (χ1) is 12.2. The summed E-state index contributed by atoms with van der Waals surface area (Å²) >= 11 is 0. The van der Waals surface area contributed by atoms with Crippen LogP contribution >= 0.6 is 0 Å². The number of ether oxygens (including phenoxy) is 1. The maximum atomic E-state index is 10.9. The zero-order chi connectivity index (χ0) is 17.6. The first-order valence-corrected chi connectivity index (χ1v) is 7.83. The van der Waals surface area contributed by atoms with Crippen LogP contribution < -0.4 is 4.74 Å². The fourth-order valence-corrected chi connectivity index (χ4v) is 2.62. The molecule has 1 N–H and O–H groups in total. The minimum Gasteiger partial charge on any atom is -0.496 e. The number of rotatable bonds is 6. The maximum Gasteiger partial charge on any atom is 0.328 e. The number of carbonyl (C=O) groups is 1. The fourth-order valence-electron chi connectivity index (χ4n) is 2.62. The zero-order valence-electron chi connectivity index (χ0n) is 13.8. The summed E-state index contributed by atoms with van der Waals surface area (Å²) in [5, 5.41) is 13.6. The molecule has 0 unspecified atom stereocenters. The van der Waals surface area contributed by atoms with Crippen LogP contribution in [-0.2, 0) is 11.3 Å². The normalized spacial score (nSPS) is 10.9. The van der Waals surface area contributed by atoms with E-state index in [0.29, 0.717) is 18.0 Å². The number of hydrogen-bond donors (Lipinski definition) is 1. The number of para-hydroxylation sites is 1. The third-order valence-corrected chi connectivity index (χ3v) is 3.74. The Morgan fingerprint density at radius 1 is 1.16 bits per heavy atom. The van der Waals surface area contributed by atoms with Crippen LogP contribution in [0.4, 0.5) is 0 Å². The Morgan fingerprint density at radius 3 is 2.60 bits per heavy atom. The van der Waals surface area contributed by atoms with Gasteiger partial charge in [-0.1, -0.05) is 42.5 Å². The average molecular weight is 334 g/mol. The molecule has 1 heterocycles. The molecular weight excluding hydrogens is 316 g/mol. The summed E-state index contributed by atoms with van der Waals surface area (Å²) in [4.78, 5) is 10.9. The molecule has 0 radical (unpaired) electrons. The highest BCUT2D eigenvalue weighted by Crippen LogP contribution is 2.31. The number of hydrogen-bond acceptors (Lipinski definition) is 3. The second-order valence-electron chi connectivity index (χ2n) is 5.49. The predicted octanol–water partition coefficient (Wildman–Crippen LogP) is 3.70. The minimum atomic E-state index is -0.998. The molecule has 126 valence electrons. The number of aromatic nitrogens is 2. The largest absolute Gasteiger partial charge is 0.496 e. The predicted molar refractivity (Wildman–Crippen MR) is 96.4 cm³/mol. The molecule has 0 aliphatic carbocycles. The molecule has 0 aliphatic rings. The van der Waals surface area contributed by atoms with Crippen molar-refractivity contribution in [1.82, 2.24) is 9.78 Å². The van der Waals surface area contributed by atoms with Gasteiger partial charge >= 0.3 is 5.97 Å². The van der Waals surface area contributed by atoms with E-state index in [1.165, 1.54) is 0 Å². The summed E-state index contributed by atoms with van der Waals surface area (Å²) < 4.78 is 7.22. The van der Waals surface area contributed by atoms with Gasteiger partial charge in [0, 0.05) is 23.4 Å². The van der Waals surface area contributed by atoms with E-state index in [0.717, 1.165) is 22.8 Å². The van der Waals surface area contributed by atoms with Crippen molar-refractivity contribution in [2.75, 3.05) is 7.11 Å². The Balaban J connectivity index is 2.04. The monoisotopic (exact) mass is 334 g/mol. The van der Waals surface area contributed by atoms with Crippen LogP contribution in [0.3, 0.4) is 0 Å². The third-order valence-electron chi connectivity index (χ3n) is 3.74. The Labute approximate surface area is 145 Å². The number of aliphatic carboxylic acids is 1. The Hall–Kier alpha value is -3.34. The summed E-state index contributed by atoms with van der Waals surface area (Å²) in [7, 11) is 1.60. The molecule has 0 fully saturated rings. The number of benzene rings is 2. The highest BCUT2D eigenvalue weighted by atomic mass is 16.5. The molecule has 0 atom stereocenters. The van der Waals surface area contributed by atoms with E-state index in [9.17, 15) is 4.79 Å². The van der Waals surface area contributed by atoms with Gasteiger partial charge in [0.25, 0.3) is 0 Å². The second-order valence-corrected chi connectivity index (χ2v) is 5.49. The fraction of sp³-hybridized carbons (Fsp3) is 0.100. The molecule has 0 saturated carbocycles. The number of nitrogens with zero attached hydrogens (tertiary/aromatic N) is 2. The quantitative estimate of drug-likeness (QED) is 0.698. The molecule has 25 heavy (non-hydrogen) atoms. The van der Waals surface area contributed by atoms with Crippen LogP contribution in [0.15, 0.2) is 66.9 Å². The van der Waals surface area contributed by atoms with Crippen molar-refractivity contribution in [3.63, 3.8) is 0 Å². The lowest BCUT2D eigenvalue weighted by molar-refractivity contribution is -0.131. The molecular formula is C20H18N2O3. The average Bonchev–Trinajstić information content (AvgIpc) is 3.03. The zero-order valence-corrected chi connectivity index (χ0v) is 13.8. The van der Waals surface area contributed by atoms with E-state index in [4.69, 9.17) is 9.84 Å². The number of carboxylic acids is 1. The van der Waals surface area contributed by atoms with Gasteiger partial charge in [0.1, 0.15) is 11.4 Å². The molecule has 0 bridgehead atoms. The van der Waals surface area contributed by atoms with Gasteiger partial charge in [-0.15, -0.1) is 0 Å². The second kappa shape index (κ2) is 7.49. The van der Waals surface area contributed by atoms with E-state index >= 15 is 0 Å². The van der Waals surface area contributed by atoms with Crippen molar-refractivity contribution in [1.29, 1.82) is 0 Å². The lowest BCUT2D eigenvalue weighted by Gasteiger charge is -2.06. The van der Waals surface area contributed by atoms with Gasteiger partial charge in [-0.2, -0.15) is 5.10 Å². The van der Waals surface area contributed by atoms with Gasteiger partial charge < -0.3 is 9.84 Å². The van der Waals surface area contributed by atoms with Crippen LogP contribution in [0.1, 0.15) is 11.1 Å². The van der Waals surface area contributed by atoms with Gasteiger partial charge in [-0.25, -0.2) is 4.79 Å². The molecule has 5 heteroatoms. The van der Waals surface area contributed by atoms with Crippen molar-refractivity contribution < 1.29 is 14.6 Å². The van der Waals surface area contributed by atoms with Crippen LogP contribution in [0.25, 0.3) is 17.3 Å². The summed E-state index contributed by atoms with van der Waals surface area (Å²) in [6.45, 7) is 0.601. The molecule has 2 aromatic carbocycles. The maximum absolute atomic E-state index is 10.9. The smallest absolute Gasteiger partial charge is 0.328 e. The van der Waals surface area contributed by atoms with Gasteiger partial charge in [0.05, 0.1) is 13.7 Å². The first kappa shape index (κ1) is 16.5. The van der Waals surface area contributed by atoms with Gasteiger partial charge in [0.15, 0.2) is 0 Å². The lowest BCUT2D eigenvalue weighted by atomic mass is 10.1. The molecule has 3 aromatic rings. The van der Waals surface area contributed by atoms with E-state index in [1.54, 1.807) is 17.9 Å². The van der Waals surface area contributed by atoms with Gasteiger partial charge in [-0.05, 0) is 23.8 Å². The Kier molecular flexibility index (Phi) is 4.95. The molecule has 1 aromatic heterocycles. The van der Waals surface area contributed by atoms with Crippen LogP contribution in [0.2, 0.25) is 0 Å². The minimum absolute atomic E-state index is 0.601. The van der Waals surface area contributed by atoms with Gasteiger partial charge in [-0.3, -0.25) is 4.68 Å². The van der Waals surface area contributed by atoms with Crippen LogP contribution in [0, 0.1) is 0 Å². The van der Waals surface area contributed by atoms with Crippen LogP contribution in [-0.4, -0.2) is 28.0 Å². The topological polar surface area (TPSA) is 64.4 Å². The van der Waals surface area contributed by atoms with Crippen molar-refractivity contribution in [2.45, 2.75) is 6.54 Å². The summed E-state index contributed by atoms with van der Waals surface area (Å²) in [5.74, 6) is -0.306. The molecule has 0 spiro atoms. The summed E-state index contributed by atoms with van der Waals surface area (Å²) in [6, 6.07) is 17.5. The molecule has 0 aliphatic heterocycles. The number of methoxy groups -OCH3 is 1. The standard InChI is InChI=1S/C20H18N2O3/c1-25-18-10-6-5-9-17(18)20-16(11-12-19(23)24)14-22(21-20)13-15-7-3-2-4-8-15/h2-12,14H,13H2,1H3,(H,23,24). The molecule has 0 saturated heterocycles. The van der Waals surface area contributed by atoms with E-state index in [2.05, 4.69) is 5.10 Å². The number of carboxylic acid groups (broad SMARTS) is 1. The third kappa shape index (κ3) is 3.95. The van der Waals surface area contributed by atoms with Crippen molar-refractivity contribution >= 4 is 12.0 Å². The van der Waals surface area contributed by atoms with E-state index in [-0.39, 0.29) is 0 Å². The SMILES string of the molecule is COc1ccccc1-c1nn(Cc2ccccc2)cc1C=CC(=O)O. The Bertz CT molecular complexity index is 898. The molecule has 5 nitrogen and oxygen atoms in total. The molecule has 0 amide bonds. The first-order valence-electron chi connectivity index (χ1n) is 7.83. The summed E-state index contributed by atoms with van der Waals surface area (Å²) in [5.41, 5.74) is 3.35. The van der Waals surface area contributed by atoms with Crippen molar-refractivity contribution in [3.8, 4) is 17.0 Å². The highest BCUT2D eigenvalue weighted by molar-refractivity contribution is 5.87. The highest BCUT2D eigenvalue weighted by Gasteiger charge is 2.14. The van der Waals surface area contributed by atoms with Crippen LogP contribution in [0.5, 0.6) is 5.75 Å². The Morgan fingerprint density at radius 2 is 1.88 bits per heavy atom. The lowest BCUT2D eigenvalue weighted by Crippen LogP contribution is -2.00. The van der Waals surface area contributed by atoms with Gasteiger partial charge in [0.2, 0.25) is 0 Å². The summed E-state index contributed by atoms with van der Waals surface area (Å²) in [6.07, 6.45) is 4.51. The van der Waals surface area contributed by atoms with E-state index in [1.807, 2.05) is 60.8 Å². The molecule has 3 rings (SSSR count).